The van der Waals surface area contributed by atoms with Gasteiger partial charge in [0, 0.05) is 12.5 Å². The lowest BCUT2D eigenvalue weighted by molar-refractivity contribution is -0.138. The van der Waals surface area contributed by atoms with Gasteiger partial charge in [0.05, 0.1) is 17.0 Å². The number of imidazole rings is 1. The third kappa shape index (κ3) is 1.52. The van der Waals surface area contributed by atoms with Crippen LogP contribution < -0.4 is 0 Å². The van der Waals surface area contributed by atoms with Crippen molar-refractivity contribution in [2.75, 3.05) is 0 Å². The quantitative estimate of drug-likeness (QED) is 0.879. The lowest BCUT2D eigenvalue weighted by Crippen LogP contribution is -2.04. The standard InChI is InChI=1S/C13H14N2O2/c1-2-15-11-6-4-3-5-10(11)14-12(15)8-7-9(8)13(16)17/h3-6,8-9H,2,7H2,1H3,(H,16,17)/t8-,9-/m0/s1. The number of hydrogen-bond donors (Lipinski definition) is 1. The van der Waals surface area contributed by atoms with Crippen molar-refractivity contribution in [1.29, 1.82) is 0 Å². The first-order valence-electron chi connectivity index (χ1n) is 5.90. The topological polar surface area (TPSA) is 55.1 Å². The van der Waals surface area contributed by atoms with Gasteiger partial charge in [-0.25, -0.2) is 4.98 Å². The van der Waals surface area contributed by atoms with Gasteiger partial charge in [-0.3, -0.25) is 4.79 Å². The van der Waals surface area contributed by atoms with Crippen molar-refractivity contribution in [1.82, 2.24) is 9.55 Å². The molecule has 4 nitrogen and oxygen atoms in total. The minimum absolute atomic E-state index is 0.0971. The Hall–Kier alpha value is -1.84. The molecule has 0 spiro atoms. The summed E-state index contributed by atoms with van der Waals surface area (Å²) < 4.78 is 2.13. The molecule has 1 N–H and O–H groups in total. The molecule has 1 saturated carbocycles. The Kier molecular flexibility index (Phi) is 2.18. The molecule has 0 bridgehead atoms. The number of nitrogens with zero attached hydrogens (tertiary/aromatic N) is 2. The molecule has 2 atom stereocenters. The molecule has 1 aliphatic carbocycles. The van der Waals surface area contributed by atoms with Crippen LogP contribution >= 0.6 is 0 Å². The van der Waals surface area contributed by atoms with Gasteiger partial charge in [0.2, 0.25) is 0 Å². The summed E-state index contributed by atoms with van der Waals surface area (Å²) in [6.07, 6.45) is 0.721. The first kappa shape index (κ1) is 10.3. The van der Waals surface area contributed by atoms with Gasteiger partial charge in [-0.15, -0.1) is 0 Å². The van der Waals surface area contributed by atoms with Crippen LogP contribution in [0, 0.1) is 5.92 Å². The van der Waals surface area contributed by atoms with Crippen LogP contribution in [0.25, 0.3) is 11.0 Å². The van der Waals surface area contributed by atoms with E-state index in [4.69, 9.17) is 5.11 Å². The van der Waals surface area contributed by atoms with Gasteiger partial charge in [-0.2, -0.15) is 0 Å². The average Bonchev–Trinajstić information content (AvgIpc) is 3.04. The highest BCUT2D eigenvalue weighted by Gasteiger charge is 2.47. The molecule has 1 aliphatic rings. The number of carboxylic acid groups (broad SMARTS) is 1. The van der Waals surface area contributed by atoms with Gasteiger partial charge in [-0.1, -0.05) is 12.1 Å². The molecule has 2 aromatic rings. The van der Waals surface area contributed by atoms with E-state index in [9.17, 15) is 4.79 Å². The van der Waals surface area contributed by atoms with Crippen LogP contribution in [0.2, 0.25) is 0 Å². The molecule has 1 heterocycles. The summed E-state index contributed by atoms with van der Waals surface area (Å²) >= 11 is 0. The summed E-state index contributed by atoms with van der Waals surface area (Å²) in [7, 11) is 0. The van der Waals surface area contributed by atoms with Gasteiger partial charge in [0.25, 0.3) is 0 Å². The number of para-hydroxylation sites is 2. The van der Waals surface area contributed by atoms with Crippen molar-refractivity contribution in [3.8, 4) is 0 Å². The van der Waals surface area contributed by atoms with Crippen molar-refractivity contribution in [2.45, 2.75) is 25.8 Å². The summed E-state index contributed by atoms with van der Waals surface area (Å²) in [4.78, 5) is 15.5. The Morgan fingerprint density at radius 1 is 1.53 bits per heavy atom. The van der Waals surface area contributed by atoms with Crippen LogP contribution in [0.1, 0.15) is 25.1 Å². The second-order valence-corrected chi connectivity index (χ2v) is 4.49. The van der Waals surface area contributed by atoms with E-state index in [1.165, 1.54) is 0 Å². The zero-order chi connectivity index (χ0) is 12.0. The molecule has 1 aromatic heterocycles. The maximum Gasteiger partial charge on any atom is 0.307 e. The number of aliphatic carboxylic acids is 1. The van der Waals surface area contributed by atoms with E-state index in [2.05, 4.69) is 16.5 Å². The Morgan fingerprint density at radius 2 is 2.29 bits per heavy atom. The molecule has 0 unspecified atom stereocenters. The molecule has 3 rings (SSSR count). The number of carboxylic acids is 1. The van der Waals surface area contributed by atoms with E-state index >= 15 is 0 Å². The highest BCUT2D eigenvalue weighted by atomic mass is 16.4. The first-order valence-corrected chi connectivity index (χ1v) is 5.90. The fourth-order valence-electron chi connectivity index (χ4n) is 2.46. The van der Waals surface area contributed by atoms with Crippen molar-refractivity contribution in [3.63, 3.8) is 0 Å². The lowest BCUT2D eigenvalue weighted by Gasteiger charge is -2.04. The second-order valence-electron chi connectivity index (χ2n) is 4.49. The van der Waals surface area contributed by atoms with Crippen LogP contribution in [-0.2, 0) is 11.3 Å². The molecular weight excluding hydrogens is 216 g/mol. The maximum atomic E-state index is 10.9. The number of aromatic nitrogens is 2. The normalized spacial score (nSPS) is 22.9. The zero-order valence-electron chi connectivity index (χ0n) is 9.63. The van der Waals surface area contributed by atoms with Gasteiger partial charge in [0.1, 0.15) is 5.82 Å². The number of hydrogen-bond acceptors (Lipinski definition) is 2. The number of benzene rings is 1. The monoisotopic (exact) mass is 230 g/mol. The number of carbonyl (C=O) groups is 1. The van der Waals surface area contributed by atoms with Gasteiger partial charge in [0.15, 0.2) is 0 Å². The molecule has 0 aliphatic heterocycles. The molecule has 17 heavy (non-hydrogen) atoms. The van der Waals surface area contributed by atoms with Crippen molar-refractivity contribution >= 4 is 17.0 Å². The molecule has 0 saturated heterocycles. The SMILES string of the molecule is CCn1c([C@H]2C[C@@H]2C(=O)O)nc2ccccc21. The molecule has 0 radical (unpaired) electrons. The molecule has 1 fully saturated rings. The molecule has 4 heteroatoms. The van der Waals surface area contributed by atoms with Crippen LogP contribution in [0.5, 0.6) is 0 Å². The Balaban J connectivity index is 2.08. The van der Waals surface area contributed by atoms with E-state index in [1.807, 2.05) is 24.3 Å². The summed E-state index contributed by atoms with van der Waals surface area (Å²) in [5.41, 5.74) is 2.06. The fourth-order valence-corrected chi connectivity index (χ4v) is 2.46. The minimum atomic E-state index is -0.704. The average molecular weight is 230 g/mol. The molecule has 88 valence electrons. The van der Waals surface area contributed by atoms with E-state index in [0.29, 0.717) is 0 Å². The number of aryl methyl sites for hydroxylation is 1. The third-order valence-corrected chi connectivity index (χ3v) is 3.44. The Labute approximate surface area is 98.9 Å². The van der Waals surface area contributed by atoms with Crippen LogP contribution in [0.15, 0.2) is 24.3 Å². The van der Waals surface area contributed by atoms with Crippen molar-refractivity contribution < 1.29 is 9.90 Å². The Bertz CT molecular complexity index is 588. The van der Waals surface area contributed by atoms with Crippen molar-refractivity contribution in [3.05, 3.63) is 30.1 Å². The van der Waals surface area contributed by atoms with E-state index in [1.54, 1.807) is 0 Å². The number of fused-ring (bicyclic) bond motifs is 1. The summed E-state index contributed by atoms with van der Waals surface area (Å²) in [5.74, 6) is 0.0859. The van der Waals surface area contributed by atoms with Crippen molar-refractivity contribution in [2.24, 2.45) is 5.92 Å². The summed E-state index contributed by atoms with van der Waals surface area (Å²) in [5, 5.41) is 8.99. The Morgan fingerprint density at radius 3 is 2.94 bits per heavy atom. The number of rotatable bonds is 3. The largest absolute Gasteiger partial charge is 0.481 e. The third-order valence-electron chi connectivity index (χ3n) is 3.44. The van der Waals surface area contributed by atoms with Crippen LogP contribution in [0.4, 0.5) is 0 Å². The molecule has 1 aromatic carbocycles. The van der Waals surface area contributed by atoms with E-state index < -0.39 is 5.97 Å². The molecule has 0 amide bonds. The second kappa shape index (κ2) is 3.58. The first-order chi connectivity index (χ1) is 8.22. The van der Waals surface area contributed by atoms with Crippen LogP contribution in [-0.4, -0.2) is 20.6 Å². The predicted octanol–water partition coefficient (Wildman–Crippen LogP) is 2.24. The maximum absolute atomic E-state index is 10.9. The zero-order valence-corrected chi connectivity index (χ0v) is 9.63. The fraction of sp³-hybridized carbons (Fsp3) is 0.385. The van der Waals surface area contributed by atoms with Crippen LogP contribution in [0.3, 0.4) is 0 Å². The highest BCUT2D eigenvalue weighted by Crippen LogP contribution is 2.47. The van der Waals surface area contributed by atoms with E-state index in [-0.39, 0.29) is 11.8 Å². The van der Waals surface area contributed by atoms with Gasteiger partial charge >= 0.3 is 5.97 Å². The van der Waals surface area contributed by atoms with E-state index in [0.717, 1.165) is 29.8 Å². The summed E-state index contributed by atoms with van der Waals surface area (Å²) in [6.45, 7) is 2.90. The lowest BCUT2D eigenvalue weighted by atomic mass is 10.3. The minimum Gasteiger partial charge on any atom is -0.481 e. The van der Waals surface area contributed by atoms with Gasteiger partial charge < -0.3 is 9.67 Å². The summed E-state index contributed by atoms with van der Waals surface area (Å²) in [6, 6.07) is 7.96. The predicted molar refractivity (Wildman–Crippen MR) is 63.9 cm³/mol. The smallest absolute Gasteiger partial charge is 0.307 e. The molecular formula is C13H14N2O2. The highest BCUT2D eigenvalue weighted by molar-refractivity contribution is 5.78. The van der Waals surface area contributed by atoms with Gasteiger partial charge in [-0.05, 0) is 25.5 Å².